The second-order valence-corrected chi connectivity index (χ2v) is 12.1. The van der Waals surface area contributed by atoms with Crippen molar-refractivity contribution in [2.24, 2.45) is 29.3 Å². The van der Waals surface area contributed by atoms with E-state index in [2.05, 4.69) is 23.7 Å². The molecule has 0 bridgehead atoms. The molecule has 2 aliphatic carbocycles. The van der Waals surface area contributed by atoms with Crippen molar-refractivity contribution >= 4 is 28.9 Å². The number of nitrogens with zero attached hydrogens (tertiary/aromatic N) is 4. The normalized spacial score (nSPS) is 23.8. The molecule has 2 amide bonds. The van der Waals surface area contributed by atoms with Crippen molar-refractivity contribution in [3.63, 3.8) is 0 Å². The summed E-state index contributed by atoms with van der Waals surface area (Å²) in [6.07, 6.45) is 5.05. The number of hydrogen-bond donors (Lipinski definition) is 2. The molecular formula is C29H35N5O4. The zero-order chi connectivity index (χ0) is 26.9. The van der Waals surface area contributed by atoms with Crippen molar-refractivity contribution in [2.75, 3.05) is 25.0 Å². The Bertz CT molecular complexity index is 1490. The largest absolute Gasteiger partial charge is 0.392 e. The second kappa shape index (κ2) is 8.80. The number of aliphatic hydroxyl groups excluding tert-OH is 1. The van der Waals surface area contributed by atoms with Crippen molar-refractivity contribution in [3.05, 3.63) is 56.8 Å². The molecule has 2 N–H and O–H groups in total. The summed E-state index contributed by atoms with van der Waals surface area (Å²) in [7, 11) is 1.65. The van der Waals surface area contributed by atoms with Gasteiger partial charge in [0.25, 0.3) is 11.5 Å². The molecule has 1 saturated carbocycles. The minimum atomic E-state index is -0.284. The second-order valence-electron chi connectivity index (χ2n) is 12.1. The number of pyridine rings is 1. The first-order valence-electron chi connectivity index (χ1n) is 13.5. The molecule has 200 valence electrons. The van der Waals surface area contributed by atoms with E-state index in [1.54, 1.807) is 24.2 Å². The van der Waals surface area contributed by atoms with E-state index < -0.39 is 0 Å². The Morgan fingerprint density at radius 1 is 1.21 bits per heavy atom. The maximum absolute atomic E-state index is 13.7. The van der Waals surface area contributed by atoms with Gasteiger partial charge in [-0.15, -0.1) is 0 Å². The number of anilines is 1. The number of fused-ring (bicyclic) bond motifs is 3. The molecule has 4 aliphatic rings. The Kier molecular flexibility index (Phi) is 5.75. The highest BCUT2D eigenvalue weighted by molar-refractivity contribution is 6.16. The van der Waals surface area contributed by atoms with Gasteiger partial charge in [-0.05, 0) is 65.8 Å². The van der Waals surface area contributed by atoms with E-state index in [1.165, 1.54) is 15.8 Å². The summed E-state index contributed by atoms with van der Waals surface area (Å²) in [6, 6.07) is 3.73. The summed E-state index contributed by atoms with van der Waals surface area (Å²) in [5, 5.41) is 13.3. The molecule has 2 atom stereocenters. The smallest absolute Gasteiger partial charge is 0.276 e. The van der Waals surface area contributed by atoms with Crippen LogP contribution in [0, 0.1) is 17.3 Å². The third-order valence-electron chi connectivity index (χ3n) is 8.53. The van der Waals surface area contributed by atoms with Crippen molar-refractivity contribution in [1.82, 2.24) is 14.0 Å². The summed E-state index contributed by atoms with van der Waals surface area (Å²) in [6.45, 7) is 7.90. The molecule has 2 aromatic heterocycles. The fourth-order valence-corrected chi connectivity index (χ4v) is 6.38. The molecule has 2 unspecified atom stereocenters. The number of amides is 2. The zero-order valence-electron chi connectivity index (χ0n) is 22.5. The van der Waals surface area contributed by atoms with Crippen LogP contribution in [0.1, 0.15) is 60.9 Å². The highest BCUT2D eigenvalue weighted by Crippen LogP contribution is 2.40. The topological polar surface area (TPSA) is 109 Å². The molecule has 1 fully saturated rings. The van der Waals surface area contributed by atoms with Gasteiger partial charge in [0.15, 0.2) is 0 Å². The highest BCUT2D eigenvalue weighted by Gasteiger charge is 2.40. The van der Waals surface area contributed by atoms with Crippen LogP contribution in [0.2, 0.25) is 0 Å². The van der Waals surface area contributed by atoms with Crippen molar-refractivity contribution in [2.45, 2.75) is 53.0 Å². The predicted octanol–water partition coefficient (Wildman–Crippen LogP) is 2.61. The fraction of sp³-hybridized carbons (Fsp3) is 0.517. The number of dihydropyridines is 1. The van der Waals surface area contributed by atoms with Crippen molar-refractivity contribution < 1.29 is 14.7 Å². The Labute approximate surface area is 221 Å². The van der Waals surface area contributed by atoms with E-state index in [1.807, 2.05) is 13.0 Å². The predicted molar refractivity (Wildman–Crippen MR) is 145 cm³/mol. The average molecular weight is 518 g/mol. The van der Waals surface area contributed by atoms with Gasteiger partial charge in [-0.25, -0.2) is 0 Å². The molecule has 4 heterocycles. The van der Waals surface area contributed by atoms with Gasteiger partial charge in [0, 0.05) is 50.1 Å². The first kappa shape index (κ1) is 24.9. The minimum Gasteiger partial charge on any atom is -0.392 e. The third kappa shape index (κ3) is 4.04. The minimum absolute atomic E-state index is 0.0551. The molecule has 2 aromatic rings. The molecule has 9 nitrogen and oxygen atoms in total. The number of hydrogen-bond acceptors (Lipinski definition) is 5. The summed E-state index contributed by atoms with van der Waals surface area (Å²) in [5.74, 6) is 0.546. The molecule has 0 spiro atoms. The van der Waals surface area contributed by atoms with Crippen molar-refractivity contribution in [3.8, 4) is 0 Å². The van der Waals surface area contributed by atoms with Crippen LogP contribution in [0.4, 0.5) is 5.69 Å². The molecular weight excluding hydrogens is 482 g/mol. The van der Waals surface area contributed by atoms with Gasteiger partial charge in [-0.2, -0.15) is 0 Å². The highest BCUT2D eigenvalue weighted by atomic mass is 16.3. The maximum atomic E-state index is 13.7. The van der Waals surface area contributed by atoms with Gasteiger partial charge < -0.3 is 19.6 Å². The lowest BCUT2D eigenvalue weighted by Crippen LogP contribution is -2.46. The number of carbonyl (C=O) groups is 2. The van der Waals surface area contributed by atoms with Crippen LogP contribution in [0.3, 0.4) is 0 Å². The van der Waals surface area contributed by atoms with Crippen LogP contribution in [-0.4, -0.2) is 56.5 Å². The molecule has 6 rings (SSSR count). The molecule has 2 aliphatic heterocycles. The van der Waals surface area contributed by atoms with Gasteiger partial charge in [0.2, 0.25) is 5.91 Å². The first-order valence-corrected chi connectivity index (χ1v) is 13.5. The monoisotopic (exact) mass is 517 g/mol. The Hall–Kier alpha value is -3.46. The summed E-state index contributed by atoms with van der Waals surface area (Å²) < 4.78 is 3.62. The lowest BCUT2D eigenvalue weighted by atomic mass is 9.90. The summed E-state index contributed by atoms with van der Waals surface area (Å²) in [4.78, 5) is 45.4. The maximum Gasteiger partial charge on any atom is 0.276 e. The molecule has 0 radical (unpaired) electrons. The van der Waals surface area contributed by atoms with Crippen LogP contribution >= 0.6 is 0 Å². The molecule has 0 saturated heterocycles. The number of aliphatic hydroxyl groups is 1. The van der Waals surface area contributed by atoms with Crippen LogP contribution in [0.15, 0.2) is 33.7 Å². The average Bonchev–Trinajstić information content (AvgIpc) is 3.41. The SMILES string of the molecule is CC1CC1C(=O)Nc1cc(C2=C(CO)C(N3CCn4c(cc5c4CC(C)(C)C5)C3=O)=NCC2)cn(C)c1=O. The zero-order valence-corrected chi connectivity index (χ0v) is 22.5. The van der Waals surface area contributed by atoms with E-state index >= 15 is 0 Å². The lowest BCUT2D eigenvalue weighted by molar-refractivity contribution is -0.117. The Morgan fingerprint density at radius 3 is 2.68 bits per heavy atom. The standard InChI is InChI=1S/C29H35N5O4/c1-16-9-20(16)26(36)31-22-10-18(14-32(4)27(22)37)19-5-6-30-25(21(19)15-35)34-8-7-33-23(28(34)38)11-17-12-29(2,3)13-24(17)33/h10-11,14,16,20,35H,5-9,12-13,15H2,1-4H3,(H,31,36). The van der Waals surface area contributed by atoms with E-state index in [9.17, 15) is 19.5 Å². The van der Waals surface area contributed by atoms with E-state index in [0.29, 0.717) is 49.1 Å². The number of carbonyl (C=O) groups excluding carboxylic acids is 2. The lowest BCUT2D eigenvalue weighted by Gasteiger charge is -2.33. The van der Waals surface area contributed by atoms with Gasteiger partial charge in [-0.1, -0.05) is 20.8 Å². The van der Waals surface area contributed by atoms with Gasteiger partial charge >= 0.3 is 0 Å². The number of rotatable bonds is 4. The Morgan fingerprint density at radius 2 is 1.97 bits per heavy atom. The summed E-state index contributed by atoms with van der Waals surface area (Å²) >= 11 is 0. The molecule has 0 aromatic carbocycles. The molecule has 9 heteroatoms. The van der Waals surface area contributed by atoms with Crippen molar-refractivity contribution in [1.29, 1.82) is 0 Å². The summed E-state index contributed by atoms with van der Waals surface area (Å²) in [5.41, 5.74) is 5.52. The van der Waals surface area contributed by atoms with Crippen LogP contribution in [-0.2, 0) is 31.2 Å². The van der Waals surface area contributed by atoms with Gasteiger partial charge in [0.05, 0.1) is 6.61 Å². The first-order chi connectivity index (χ1) is 18.1. The van der Waals surface area contributed by atoms with Gasteiger partial charge in [-0.3, -0.25) is 24.3 Å². The van der Waals surface area contributed by atoms with E-state index in [-0.39, 0.29) is 41.0 Å². The molecule has 38 heavy (non-hydrogen) atoms. The van der Waals surface area contributed by atoms with E-state index in [4.69, 9.17) is 4.99 Å². The van der Waals surface area contributed by atoms with Crippen LogP contribution in [0.25, 0.3) is 5.57 Å². The number of nitrogens with one attached hydrogen (secondary N) is 1. The van der Waals surface area contributed by atoms with Gasteiger partial charge in [0.1, 0.15) is 17.2 Å². The quantitative estimate of drug-likeness (QED) is 0.650. The third-order valence-corrected chi connectivity index (χ3v) is 8.53. The number of aliphatic imine (C=N–C) groups is 1. The number of amidine groups is 1. The number of aromatic nitrogens is 2. The number of aryl methyl sites for hydroxylation is 1. The fourth-order valence-electron chi connectivity index (χ4n) is 6.38. The van der Waals surface area contributed by atoms with Crippen LogP contribution < -0.4 is 10.9 Å². The van der Waals surface area contributed by atoms with Crippen LogP contribution in [0.5, 0.6) is 0 Å². The Balaban J connectivity index is 1.33. The van der Waals surface area contributed by atoms with E-state index in [0.717, 1.165) is 30.4 Å².